The monoisotopic (exact) mass is 179 g/mol. The molecule has 0 aliphatic heterocycles. The Morgan fingerprint density at radius 2 is 2.14 bits per heavy atom. The molecule has 1 nitrogen and oxygen atoms in total. The molecule has 0 saturated heterocycles. The number of nitrogens with one attached hydrogen (secondary N) is 1. The molecule has 0 unspecified atom stereocenters. The van der Waals surface area contributed by atoms with Crippen LogP contribution in [0.1, 0.15) is 0 Å². The molecule has 0 radical (unpaired) electrons. The predicted octanol–water partition coefficient (Wildman–Crippen LogP) is 0.851. The molecule has 7 heavy (non-hydrogen) atoms. The summed E-state index contributed by atoms with van der Waals surface area (Å²) in [5.41, 5.74) is 0. The number of hydrogen-bond acceptors (Lipinski definition) is 2. The van der Waals surface area contributed by atoms with Gasteiger partial charge in [-0.3, -0.25) is 0 Å². The maximum atomic E-state index is 4.71. The zero-order chi connectivity index (χ0) is 4.99. The van der Waals surface area contributed by atoms with E-state index in [0.717, 1.165) is 4.32 Å². The maximum absolute atomic E-state index is 4.71. The standard InChI is InChI=1S/C3H7NS2.Ni/c1-4-3(5)6-2;/h1-2H3,(H,4,5);. The van der Waals surface area contributed by atoms with Gasteiger partial charge in [0.25, 0.3) is 0 Å². The van der Waals surface area contributed by atoms with E-state index < -0.39 is 0 Å². The minimum atomic E-state index is 0. The number of thioether (sulfide) groups is 1. The van der Waals surface area contributed by atoms with Gasteiger partial charge in [0.1, 0.15) is 4.32 Å². The Hall–Kier alpha value is 0.734. The van der Waals surface area contributed by atoms with E-state index in [1.165, 1.54) is 0 Å². The Labute approximate surface area is 63.5 Å². The SMILES string of the molecule is CNC(=S)SC.[Ni]. The van der Waals surface area contributed by atoms with Crippen molar-refractivity contribution >= 4 is 28.3 Å². The summed E-state index contributed by atoms with van der Waals surface area (Å²) in [5.74, 6) is 0. The summed E-state index contributed by atoms with van der Waals surface area (Å²) in [6, 6.07) is 0. The Kier molecular flexibility index (Phi) is 10.3. The van der Waals surface area contributed by atoms with Gasteiger partial charge >= 0.3 is 0 Å². The summed E-state index contributed by atoms with van der Waals surface area (Å²) in [7, 11) is 1.82. The quantitative estimate of drug-likeness (QED) is 0.438. The van der Waals surface area contributed by atoms with Crippen LogP contribution in [0.25, 0.3) is 0 Å². The van der Waals surface area contributed by atoms with Crippen molar-refractivity contribution in [3.8, 4) is 0 Å². The van der Waals surface area contributed by atoms with Gasteiger partial charge in [0.05, 0.1) is 0 Å². The summed E-state index contributed by atoms with van der Waals surface area (Å²) in [6.07, 6.45) is 1.94. The fraction of sp³-hybridized carbons (Fsp3) is 0.667. The van der Waals surface area contributed by atoms with Gasteiger partial charge in [0.15, 0.2) is 0 Å². The van der Waals surface area contributed by atoms with Crippen LogP contribution in [0.2, 0.25) is 0 Å². The van der Waals surface area contributed by atoms with Crippen molar-refractivity contribution in [3.05, 3.63) is 0 Å². The van der Waals surface area contributed by atoms with Crippen molar-refractivity contribution in [2.24, 2.45) is 0 Å². The molecule has 0 saturated carbocycles. The van der Waals surface area contributed by atoms with Gasteiger partial charge in [0, 0.05) is 23.5 Å². The maximum Gasteiger partial charge on any atom is 0.133 e. The molecule has 0 aromatic rings. The van der Waals surface area contributed by atoms with Crippen LogP contribution in [0.4, 0.5) is 0 Å². The van der Waals surface area contributed by atoms with E-state index in [1.54, 1.807) is 11.8 Å². The molecule has 0 aliphatic rings. The Bertz CT molecular complexity index is 50.9. The van der Waals surface area contributed by atoms with Gasteiger partial charge in [-0.1, -0.05) is 12.2 Å². The van der Waals surface area contributed by atoms with E-state index in [1.807, 2.05) is 13.3 Å². The molecule has 0 aliphatic carbocycles. The topological polar surface area (TPSA) is 12.0 Å². The molecule has 0 heterocycles. The van der Waals surface area contributed by atoms with Gasteiger partial charge in [-0.2, -0.15) is 0 Å². The van der Waals surface area contributed by atoms with Crippen LogP contribution in [0.5, 0.6) is 0 Å². The number of hydrogen-bond donors (Lipinski definition) is 1. The molecule has 0 amide bonds. The molecule has 4 heteroatoms. The van der Waals surface area contributed by atoms with E-state index >= 15 is 0 Å². The molecule has 0 rings (SSSR count). The largest absolute Gasteiger partial charge is 0.374 e. The third-order valence-electron chi connectivity index (χ3n) is 0.390. The van der Waals surface area contributed by atoms with Gasteiger partial charge < -0.3 is 5.32 Å². The zero-order valence-corrected chi connectivity index (χ0v) is 6.75. The van der Waals surface area contributed by atoms with E-state index in [-0.39, 0.29) is 16.5 Å². The second-order valence-electron chi connectivity index (χ2n) is 0.742. The number of rotatable bonds is 0. The average Bonchev–Trinajstić information content (AvgIpc) is 1.65. The smallest absolute Gasteiger partial charge is 0.133 e. The molecule has 0 atom stereocenters. The van der Waals surface area contributed by atoms with Crippen LogP contribution in [0, 0.1) is 0 Å². The minimum absolute atomic E-state index is 0. The van der Waals surface area contributed by atoms with Gasteiger partial charge in [-0.25, -0.2) is 0 Å². The predicted molar refractivity (Wildman–Crippen MR) is 35.2 cm³/mol. The average molecular weight is 180 g/mol. The molecule has 0 bridgehead atoms. The van der Waals surface area contributed by atoms with Crippen molar-refractivity contribution < 1.29 is 16.5 Å². The zero-order valence-electron chi connectivity index (χ0n) is 4.13. The fourth-order valence-corrected chi connectivity index (χ4v) is 0.306. The molecule has 0 aromatic carbocycles. The minimum Gasteiger partial charge on any atom is -0.374 e. The van der Waals surface area contributed by atoms with Crippen molar-refractivity contribution in [3.63, 3.8) is 0 Å². The molecule has 0 aromatic heterocycles. The summed E-state index contributed by atoms with van der Waals surface area (Å²) in [4.78, 5) is 0. The molecular formula is C3H7NNiS2. The summed E-state index contributed by atoms with van der Waals surface area (Å²) in [5, 5.41) is 2.81. The van der Waals surface area contributed by atoms with Crippen LogP contribution in [0.15, 0.2) is 0 Å². The second-order valence-corrected chi connectivity index (χ2v) is 2.22. The van der Waals surface area contributed by atoms with Crippen LogP contribution in [0.3, 0.4) is 0 Å². The third kappa shape index (κ3) is 6.73. The van der Waals surface area contributed by atoms with Crippen molar-refractivity contribution in [1.29, 1.82) is 0 Å². The van der Waals surface area contributed by atoms with E-state index in [0.29, 0.717) is 0 Å². The molecular weight excluding hydrogens is 173 g/mol. The van der Waals surface area contributed by atoms with E-state index in [4.69, 9.17) is 12.2 Å². The van der Waals surface area contributed by atoms with Gasteiger partial charge in [0.2, 0.25) is 0 Å². The number of thiocarbonyl (C=S) groups is 1. The first kappa shape index (κ1) is 10.7. The van der Waals surface area contributed by atoms with Crippen LogP contribution in [-0.4, -0.2) is 17.6 Å². The van der Waals surface area contributed by atoms with Crippen LogP contribution in [-0.2, 0) is 16.5 Å². The fourth-order valence-electron chi connectivity index (χ4n) is 0.102. The van der Waals surface area contributed by atoms with Crippen molar-refractivity contribution in [2.75, 3.05) is 13.3 Å². The molecule has 46 valence electrons. The first-order chi connectivity index (χ1) is 2.81. The molecule has 0 spiro atoms. The Balaban J connectivity index is 0. The Morgan fingerprint density at radius 1 is 1.71 bits per heavy atom. The van der Waals surface area contributed by atoms with Crippen LogP contribution < -0.4 is 5.32 Å². The molecule has 1 N–H and O–H groups in total. The first-order valence-electron chi connectivity index (χ1n) is 1.57. The summed E-state index contributed by atoms with van der Waals surface area (Å²) in [6.45, 7) is 0. The van der Waals surface area contributed by atoms with E-state index in [9.17, 15) is 0 Å². The second kappa shape index (κ2) is 6.73. The Morgan fingerprint density at radius 3 is 2.14 bits per heavy atom. The van der Waals surface area contributed by atoms with Crippen molar-refractivity contribution in [1.82, 2.24) is 5.32 Å². The molecule has 0 fully saturated rings. The summed E-state index contributed by atoms with van der Waals surface area (Å²) < 4.78 is 0.843. The van der Waals surface area contributed by atoms with Gasteiger partial charge in [-0.15, -0.1) is 11.8 Å². The van der Waals surface area contributed by atoms with E-state index in [2.05, 4.69) is 5.32 Å². The van der Waals surface area contributed by atoms with Gasteiger partial charge in [-0.05, 0) is 6.26 Å². The normalized spacial score (nSPS) is 6.57. The van der Waals surface area contributed by atoms with Crippen LogP contribution >= 0.6 is 24.0 Å². The van der Waals surface area contributed by atoms with Crippen molar-refractivity contribution in [2.45, 2.75) is 0 Å². The first-order valence-corrected chi connectivity index (χ1v) is 3.20. The third-order valence-corrected chi connectivity index (χ3v) is 1.67. The summed E-state index contributed by atoms with van der Waals surface area (Å²) >= 11 is 6.25.